The lowest BCUT2D eigenvalue weighted by Crippen LogP contribution is -2.16. The lowest BCUT2D eigenvalue weighted by Gasteiger charge is -2.06. The van der Waals surface area contributed by atoms with Crippen LogP contribution in [0.4, 0.5) is 0 Å². The van der Waals surface area contributed by atoms with Gasteiger partial charge in [-0.2, -0.15) is 0 Å². The van der Waals surface area contributed by atoms with Crippen LogP contribution in [0, 0.1) is 10.1 Å². The summed E-state index contributed by atoms with van der Waals surface area (Å²) in [6, 6.07) is 7.31. The van der Waals surface area contributed by atoms with Crippen molar-refractivity contribution in [3.63, 3.8) is 0 Å². The molecular weight excluding hydrogens is 244 g/mol. The van der Waals surface area contributed by atoms with Crippen LogP contribution in [0.5, 0.6) is 0 Å². The molecule has 1 aromatic rings. The minimum atomic E-state index is -4.08. The number of hydrogen-bond acceptors (Lipinski definition) is 5. The minimum absolute atomic E-state index is 0.0928. The maximum atomic E-state index is 12.0. The zero-order valence-corrected chi connectivity index (χ0v) is 10.2. The molecule has 0 saturated heterocycles. The SMILES string of the molecule is CN(C)C=C([N+](=O)[O-])S(=O)(=O)c1ccccc1. The normalized spacial score (nSPS) is 12.2. The molecule has 0 aliphatic rings. The molecule has 0 heterocycles. The molecule has 0 bridgehead atoms. The highest BCUT2D eigenvalue weighted by atomic mass is 32.2. The molecule has 0 amide bonds. The van der Waals surface area contributed by atoms with Crippen molar-refractivity contribution in [1.29, 1.82) is 0 Å². The van der Waals surface area contributed by atoms with Crippen molar-refractivity contribution in [3.8, 4) is 0 Å². The molecule has 0 aromatic heterocycles. The largest absolute Gasteiger partial charge is 0.379 e. The lowest BCUT2D eigenvalue weighted by atomic mass is 10.4. The lowest BCUT2D eigenvalue weighted by molar-refractivity contribution is -0.412. The molecule has 1 aromatic carbocycles. The zero-order chi connectivity index (χ0) is 13.1. The first kappa shape index (κ1) is 13.2. The van der Waals surface area contributed by atoms with E-state index in [1.54, 1.807) is 6.07 Å². The van der Waals surface area contributed by atoms with Crippen LogP contribution in [0.2, 0.25) is 0 Å². The van der Waals surface area contributed by atoms with E-state index in [-0.39, 0.29) is 4.90 Å². The molecule has 0 spiro atoms. The van der Waals surface area contributed by atoms with Crippen LogP contribution in [-0.4, -0.2) is 32.3 Å². The van der Waals surface area contributed by atoms with Crippen molar-refractivity contribution in [1.82, 2.24) is 4.90 Å². The van der Waals surface area contributed by atoms with Crippen molar-refractivity contribution < 1.29 is 13.3 Å². The quantitative estimate of drug-likeness (QED) is 0.595. The Hall–Kier alpha value is -1.89. The Morgan fingerprint density at radius 1 is 1.29 bits per heavy atom. The second-order valence-corrected chi connectivity index (χ2v) is 5.40. The third kappa shape index (κ3) is 3.04. The number of sulfone groups is 1. The molecule has 17 heavy (non-hydrogen) atoms. The molecule has 6 nitrogen and oxygen atoms in total. The van der Waals surface area contributed by atoms with E-state index in [1.807, 2.05) is 0 Å². The molecule has 0 N–H and O–H groups in total. The number of benzene rings is 1. The van der Waals surface area contributed by atoms with E-state index >= 15 is 0 Å². The highest BCUT2D eigenvalue weighted by Gasteiger charge is 2.31. The Balaban J connectivity index is 3.34. The summed E-state index contributed by atoms with van der Waals surface area (Å²) in [4.78, 5) is 11.1. The molecule has 92 valence electrons. The van der Waals surface area contributed by atoms with Crippen molar-refractivity contribution in [2.24, 2.45) is 0 Å². The highest BCUT2D eigenvalue weighted by molar-refractivity contribution is 7.95. The van der Waals surface area contributed by atoms with Gasteiger partial charge in [-0.25, -0.2) is 8.42 Å². The molecule has 0 atom stereocenters. The fourth-order valence-electron chi connectivity index (χ4n) is 1.16. The van der Waals surface area contributed by atoms with E-state index in [9.17, 15) is 18.5 Å². The van der Waals surface area contributed by atoms with Crippen molar-refractivity contribution in [2.45, 2.75) is 4.90 Å². The number of rotatable bonds is 4. The van der Waals surface area contributed by atoms with Gasteiger partial charge in [0.25, 0.3) is 9.84 Å². The standard InChI is InChI=1S/C10H12N2O4S/c1-11(2)8-10(12(13)14)17(15,16)9-6-4-3-5-7-9/h3-8H,1-2H3. The molecule has 0 radical (unpaired) electrons. The van der Waals surface area contributed by atoms with E-state index in [0.717, 1.165) is 6.20 Å². The minimum Gasteiger partial charge on any atom is -0.377 e. The van der Waals surface area contributed by atoms with Gasteiger partial charge in [0, 0.05) is 14.1 Å². The molecular formula is C10H12N2O4S. The third-order valence-electron chi connectivity index (χ3n) is 1.88. The smallest absolute Gasteiger partial charge is 0.377 e. The van der Waals surface area contributed by atoms with Gasteiger partial charge in [0.1, 0.15) is 0 Å². The number of nitro groups is 1. The molecule has 0 aliphatic heterocycles. The van der Waals surface area contributed by atoms with E-state index in [1.165, 1.54) is 43.3 Å². The molecule has 1 rings (SSSR count). The summed E-state index contributed by atoms with van der Waals surface area (Å²) in [6.45, 7) is 0. The average molecular weight is 256 g/mol. The first-order valence-electron chi connectivity index (χ1n) is 4.68. The maximum Gasteiger partial charge on any atom is 0.379 e. The second kappa shape index (κ2) is 4.96. The van der Waals surface area contributed by atoms with Gasteiger partial charge in [0.15, 0.2) is 0 Å². The summed E-state index contributed by atoms with van der Waals surface area (Å²) in [5.74, 6) is 0. The summed E-state index contributed by atoms with van der Waals surface area (Å²) in [5.41, 5.74) is 0. The maximum absolute atomic E-state index is 12.0. The third-order valence-corrected chi connectivity index (χ3v) is 3.58. The van der Waals surface area contributed by atoms with Crippen LogP contribution >= 0.6 is 0 Å². The molecule has 0 unspecified atom stereocenters. The van der Waals surface area contributed by atoms with Crippen LogP contribution in [0.15, 0.2) is 46.5 Å². The topological polar surface area (TPSA) is 80.5 Å². The molecule has 0 aliphatic carbocycles. The summed E-state index contributed by atoms with van der Waals surface area (Å²) in [7, 11) is -1.04. The fraction of sp³-hybridized carbons (Fsp3) is 0.200. The zero-order valence-electron chi connectivity index (χ0n) is 9.40. The predicted octanol–water partition coefficient (Wildman–Crippen LogP) is 1.10. The van der Waals surface area contributed by atoms with Gasteiger partial charge in [-0.1, -0.05) is 18.2 Å². The van der Waals surface area contributed by atoms with Gasteiger partial charge in [0.2, 0.25) is 0 Å². The van der Waals surface area contributed by atoms with E-state index in [0.29, 0.717) is 0 Å². The Kier molecular flexibility index (Phi) is 3.84. The Morgan fingerprint density at radius 2 is 1.82 bits per heavy atom. The van der Waals surface area contributed by atoms with Gasteiger partial charge in [0.05, 0.1) is 16.0 Å². The van der Waals surface area contributed by atoms with Crippen molar-refractivity contribution >= 4 is 9.84 Å². The Bertz CT molecular complexity index is 535. The number of hydrogen-bond donors (Lipinski definition) is 0. The molecule has 7 heteroatoms. The summed E-state index contributed by atoms with van der Waals surface area (Å²) in [5, 5.41) is 9.95. The summed E-state index contributed by atoms with van der Waals surface area (Å²) >= 11 is 0. The van der Waals surface area contributed by atoms with Crippen molar-refractivity contribution in [3.05, 3.63) is 51.7 Å². The van der Waals surface area contributed by atoms with E-state index in [4.69, 9.17) is 0 Å². The average Bonchev–Trinajstić information content (AvgIpc) is 2.26. The molecule has 0 saturated carbocycles. The van der Waals surface area contributed by atoms with Gasteiger partial charge in [-0.05, 0) is 12.1 Å². The first-order valence-corrected chi connectivity index (χ1v) is 6.17. The summed E-state index contributed by atoms with van der Waals surface area (Å²) in [6.07, 6.45) is 0.975. The van der Waals surface area contributed by atoms with Crippen LogP contribution in [-0.2, 0) is 9.84 Å². The monoisotopic (exact) mass is 256 g/mol. The van der Waals surface area contributed by atoms with Gasteiger partial charge >= 0.3 is 5.03 Å². The van der Waals surface area contributed by atoms with Crippen molar-refractivity contribution in [2.75, 3.05) is 14.1 Å². The Labute approximate surface area is 99.2 Å². The van der Waals surface area contributed by atoms with E-state index in [2.05, 4.69) is 0 Å². The second-order valence-electron chi connectivity index (χ2n) is 3.50. The van der Waals surface area contributed by atoms with E-state index < -0.39 is 19.8 Å². The van der Waals surface area contributed by atoms with Gasteiger partial charge < -0.3 is 4.90 Å². The first-order chi connectivity index (χ1) is 7.85. The fourth-order valence-corrected chi connectivity index (χ4v) is 2.46. The van der Waals surface area contributed by atoms with Gasteiger partial charge in [-0.3, -0.25) is 10.1 Å². The van der Waals surface area contributed by atoms with Crippen LogP contribution in [0.25, 0.3) is 0 Å². The highest BCUT2D eigenvalue weighted by Crippen LogP contribution is 2.19. The predicted molar refractivity (Wildman–Crippen MR) is 62.4 cm³/mol. The Morgan fingerprint density at radius 3 is 2.24 bits per heavy atom. The number of nitrogens with zero attached hydrogens (tertiary/aromatic N) is 2. The van der Waals surface area contributed by atoms with Crippen LogP contribution in [0.1, 0.15) is 0 Å². The van der Waals surface area contributed by atoms with Crippen LogP contribution in [0.3, 0.4) is 0 Å². The van der Waals surface area contributed by atoms with Gasteiger partial charge in [-0.15, -0.1) is 0 Å². The summed E-state index contributed by atoms with van der Waals surface area (Å²) < 4.78 is 23.9. The van der Waals surface area contributed by atoms with Crippen LogP contribution < -0.4 is 0 Å². The molecule has 0 fully saturated rings.